The van der Waals surface area contributed by atoms with Crippen molar-refractivity contribution in [3.8, 4) is 0 Å². The van der Waals surface area contributed by atoms with Crippen LogP contribution in [-0.2, 0) is 16.0 Å². The maximum atomic E-state index is 12.5. The molecule has 0 aromatic heterocycles. The number of aryl methyl sites for hydroxylation is 1. The van der Waals surface area contributed by atoms with E-state index < -0.39 is 0 Å². The van der Waals surface area contributed by atoms with E-state index >= 15 is 0 Å². The van der Waals surface area contributed by atoms with Gasteiger partial charge < -0.3 is 4.74 Å². The first-order valence-corrected chi connectivity index (χ1v) is 9.21. The highest BCUT2D eigenvalue weighted by Crippen LogP contribution is 2.40. The van der Waals surface area contributed by atoms with Gasteiger partial charge in [0.05, 0.1) is 5.60 Å². The second-order valence-electron chi connectivity index (χ2n) is 6.33. The molecule has 0 saturated carbocycles. The van der Waals surface area contributed by atoms with E-state index in [1.165, 1.54) is 11.3 Å². The van der Waals surface area contributed by atoms with Crippen molar-refractivity contribution in [2.24, 2.45) is 5.92 Å². The van der Waals surface area contributed by atoms with Crippen LogP contribution in [0.3, 0.4) is 0 Å². The molecule has 2 aliphatic rings. The number of hydrogen-bond acceptors (Lipinski definition) is 3. The summed E-state index contributed by atoms with van der Waals surface area (Å²) in [5.74, 6) is 2.98. The van der Waals surface area contributed by atoms with Crippen LogP contribution in [0.2, 0.25) is 0 Å². The van der Waals surface area contributed by atoms with Gasteiger partial charge >= 0.3 is 0 Å². The zero-order chi connectivity index (χ0) is 14.5. The van der Waals surface area contributed by atoms with Crippen molar-refractivity contribution < 1.29 is 9.53 Å². The Labute approximate surface area is 131 Å². The van der Waals surface area contributed by atoms with Gasteiger partial charge in [0.25, 0.3) is 0 Å². The van der Waals surface area contributed by atoms with Crippen molar-refractivity contribution in [3.63, 3.8) is 0 Å². The van der Waals surface area contributed by atoms with Crippen LogP contribution >= 0.6 is 11.8 Å². The predicted molar refractivity (Wildman–Crippen MR) is 87.7 cm³/mol. The minimum atomic E-state index is 0.0304. The van der Waals surface area contributed by atoms with Crippen molar-refractivity contribution >= 4 is 17.5 Å². The lowest BCUT2D eigenvalue weighted by molar-refractivity contribution is -0.134. The molecular weight excluding hydrogens is 280 g/mol. The molecule has 1 aromatic carbocycles. The predicted octanol–water partition coefficient (Wildman–Crippen LogP) is 3.88. The molecular formula is C18H24O2S. The Morgan fingerprint density at radius 2 is 2.19 bits per heavy atom. The summed E-state index contributed by atoms with van der Waals surface area (Å²) in [6.07, 6.45) is 5.73. The van der Waals surface area contributed by atoms with Gasteiger partial charge in [-0.15, -0.1) is 0 Å². The van der Waals surface area contributed by atoms with Crippen LogP contribution in [0.1, 0.15) is 37.7 Å². The van der Waals surface area contributed by atoms with E-state index in [9.17, 15) is 4.79 Å². The molecule has 0 aliphatic carbocycles. The molecule has 21 heavy (non-hydrogen) atoms. The third-order valence-electron chi connectivity index (χ3n) is 4.75. The molecule has 1 aromatic rings. The molecule has 1 spiro atoms. The summed E-state index contributed by atoms with van der Waals surface area (Å²) in [6.45, 7) is 0.773. The molecule has 0 radical (unpaired) electrons. The molecule has 2 unspecified atom stereocenters. The number of hydrogen-bond donors (Lipinski definition) is 0. The van der Waals surface area contributed by atoms with Gasteiger partial charge in [0.1, 0.15) is 5.78 Å². The Morgan fingerprint density at radius 1 is 1.33 bits per heavy atom. The largest absolute Gasteiger partial charge is 0.374 e. The normalized spacial score (nSPS) is 28.9. The van der Waals surface area contributed by atoms with Crippen molar-refractivity contribution in [3.05, 3.63) is 35.9 Å². The minimum absolute atomic E-state index is 0.0304. The third kappa shape index (κ3) is 3.89. The fourth-order valence-corrected chi connectivity index (χ4v) is 4.86. The minimum Gasteiger partial charge on any atom is -0.374 e. The average molecular weight is 304 g/mol. The summed E-state index contributed by atoms with van der Waals surface area (Å²) >= 11 is 1.97. The van der Waals surface area contributed by atoms with Gasteiger partial charge in [-0.05, 0) is 43.4 Å². The van der Waals surface area contributed by atoms with Gasteiger partial charge in [0, 0.05) is 24.7 Å². The second kappa shape index (κ2) is 6.97. The highest BCUT2D eigenvalue weighted by molar-refractivity contribution is 7.99. The molecule has 2 atom stereocenters. The Balaban J connectivity index is 1.46. The Hall–Kier alpha value is -0.800. The number of Topliss-reactive ketones (excluding diaryl/α,β-unsaturated/α-hetero) is 1. The summed E-state index contributed by atoms with van der Waals surface area (Å²) in [5, 5.41) is 0. The summed E-state index contributed by atoms with van der Waals surface area (Å²) in [6, 6.07) is 10.5. The summed E-state index contributed by atoms with van der Waals surface area (Å²) in [4.78, 5) is 12.5. The second-order valence-corrected chi connectivity index (χ2v) is 7.43. The van der Waals surface area contributed by atoms with Crippen LogP contribution in [0.5, 0.6) is 0 Å². The van der Waals surface area contributed by atoms with E-state index in [1.807, 2.05) is 17.8 Å². The highest BCUT2D eigenvalue weighted by Gasteiger charge is 2.42. The standard InChI is InChI=1S/C18H24O2S/c19-17(8-4-7-15-5-2-1-3-6-15)16-9-11-20-18(13-16)10-12-21-14-18/h1-3,5-6,16H,4,7-14H2. The van der Waals surface area contributed by atoms with Gasteiger partial charge in [-0.1, -0.05) is 30.3 Å². The van der Waals surface area contributed by atoms with Crippen molar-refractivity contribution in [1.82, 2.24) is 0 Å². The third-order valence-corrected chi connectivity index (χ3v) is 5.97. The molecule has 3 rings (SSSR count). The van der Waals surface area contributed by atoms with Crippen molar-refractivity contribution in [2.75, 3.05) is 18.1 Å². The number of ether oxygens (including phenoxy) is 1. The smallest absolute Gasteiger partial charge is 0.136 e. The van der Waals surface area contributed by atoms with Gasteiger partial charge in [-0.25, -0.2) is 0 Å². The van der Waals surface area contributed by atoms with Gasteiger partial charge in [0.15, 0.2) is 0 Å². The summed E-state index contributed by atoms with van der Waals surface area (Å²) in [7, 11) is 0. The van der Waals surface area contributed by atoms with E-state index in [2.05, 4.69) is 24.3 Å². The van der Waals surface area contributed by atoms with E-state index in [1.54, 1.807) is 0 Å². The lowest BCUT2D eigenvalue weighted by Gasteiger charge is -2.37. The number of benzene rings is 1. The van der Waals surface area contributed by atoms with E-state index in [0.717, 1.165) is 50.9 Å². The highest BCUT2D eigenvalue weighted by atomic mass is 32.2. The zero-order valence-corrected chi connectivity index (χ0v) is 13.4. The molecule has 114 valence electrons. The first-order valence-electron chi connectivity index (χ1n) is 8.06. The Kier molecular flexibility index (Phi) is 5.02. The van der Waals surface area contributed by atoms with Crippen LogP contribution in [0.4, 0.5) is 0 Å². The van der Waals surface area contributed by atoms with Gasteiger partial charge in [-0.2, -0.15) is 11.8 Å². The monoisotopic (exact) mass is 304 g/mol. The SMILES string of the molecule is O=C(CCCc1ccccc1)C1CCOC2(CCSC2)C1. The Bertz CT molecular complexity index is 465. The quantitative estimate of drug-likeness (QED) is 0.826. The van der Waals surface area contributed by atoms with Gasteiger partial charge in [-0.3, -0.25) is 4.79 Å². The first-order chi connectivity index (χ1) is 10.3. The molecule has 2 aliphatic heterocycles. The van der Waals surface area contributed by atoms with Gasteiger partial charge in [0.2, 0.25) is 0 Å². The maximum Gasteiger partial charge on any atom is 0.136 e. The van der Waals surface area contributed by atoms with E-state index in [4.69, 9.17) is 4.74 Å². The summed E-state index contributed by atoms with van der Waals surface area (Å²) < 4.78 is 6.01. The molecule has 2 fully saturated rings. The van der Waals surface area contributed by atoms with Crippen LogP contribution in [-0.4, -0.2) is 29.5 Å². The van der Waals surface area contributed by atoms with Crippen LogP contribution in [0.25, 0.3) is 0 Å². The molecule has 0 bridgehead atoms. The Morgan fingerprint density at radius 3 is 2.95 bits per heavy atom. The molecule has 0 N–H and O–H groups in total. The number of thioether (sulfide) groups is 1. The number of carbonyl (C=O) groups is 1. The fourth-order valence-electron chi connectivity index (χ4n) is 3.48. The van der Waals surface area contributed by atoms with Crippen molar-refractivity contribution in [1.29, 1.82) is 0 Å². The lowest BCUT2D eigenvalue weighted by Crippen LogP contribution is -2.42. The number of ketones is 1. The zero-order valence-electron chi connectivity index (χ0n) is 12.6. The van der Waals surface area contributed by atoms with Crippen LogP contribution in [0, 0.1) is 5.92 Å². The van der Waals surface area contributed by atoms with Crippen LogP contribution < -0.4 is 0 Å². The number of rotatable bonds is 5. The summed E-state index contributed by atoms with van der Waals surface area (Å²) in [5.41, 5.74) is 1.36. The van der Waals surface area contributed by atoms with Crippen molar-refractivity contribution in [2.45, 2.75) is 44.1 Å². The van der Waals surface area contributed by atoms with E-state index in [0.29, 0.717) is 5.78 Å². The van der Waals surface area contributed by atoms with Crippen LogP contribution in [0.15, 0.2) is 30.3 Å². The first kappa shape index (κ1) is 15.1. The molecule has 2 saturated heterocycles. The molecule has 2 heterocycles. The van der Waals surface area contributed by atoms with E-state index in [-0.39, 0.29) is 11.5 Å². The molecule has 2 nitrogen and oxygen atoms in total. The average Bonchev–Trinajstić information content (AvgIpc) is 2.96. The molecule has 0 amide bonds. The maximum absolute atomic E-state index is 12.5. The topological polar surface area (TPSA) is 26.3 Å². The fraction of sp³-hybridized carbons (Fsp3) is 0.611. The molecule has 3 heteroatoms. The number of carbonyl (C=O) groups excluding carboxylic acids is 1. The lowest BCUT2D eigenvalue weighted by atomic mass is 9.82.